The molecule has 0 unspecified atom stereocenters. The predicted molar refractivity (Wildman–Crippen MR) is 129 cm³/mol. The van der Waals surface area contributed by atoms with E-state index in [0.29, 0.717) is 23.9 Å². The Hall–Kier alpha value is -4.52. The second-order valence-corrected chi connectivity index (χ2v) is 8.02. The summed E-state index contributed by atoms with van der Waals surface area (Å²) in [6, 6.07) is 15.6. The zero-order valence-electron chi connectivity index (χ0n) is 19.6. The number of carbonyl (C=O) groups excluding carboxylic acids is 1. The molecule has 204 valence electrons. The highest BCUT2D eigenvalue weighted by atomic mass is 35.5. The Morgan fingerprint density at radius 3 is 2.33 bits per heavy atom. The Balaban J connectivity index is 0.000000532. The number of carboxylic acids is 1. The summed E-state index contributed by atoms with van der Waals surface area (Å²) >= 11 is 6.31. The van der Waals surface area contributed by atoms with Crippen LogP contribution in [0, 0.1) is 11.6 Å². The summed E-state index contributed by atoms with van der Waals surface area (Å²) < 4.78 is 66.6. The van der Waals surface area contributed by atoms with Gasteiger partial charge in [0, 0.05) is 23.5 Å². The van der Waals surface area contributed by atoms with Crippen LogP contribution in [0.2, 0.25) is 5.02 Å². The number of alkyl halides is 3. The number of benzene rings is 2. The summed E-state index contributed by atoms with van der Waals surface area (Å²) in [6.07, 6.45) is -1.77. The van der Waals surface area contributed by atoms with Crippen LogP contribution in [0.15, 0.2) is 73.1 Å². The lowest BCUT2D eigenvalue weighted by atomic mass is 10.2. The molecule has 4 aromatic rings. The Labute approximate surface area is 222 Å². The lowest BCUT2D eigenvalue weighted by Crippen LogP contribution is -2.21. The van der Waals surface area contributed by atoms with Gasteiger partial charge in [-0.2, -0.15) is 18.3 Å². The van der Waals surface area contributed by atoms with Crippen LogP contribution in [0.1, 0.15) is 21.6 Å². The zero-order valence-corrected chi connectivity index (χ0v) is 20.4. The molecule has 0 bridgehead atoms. The van der Waals surface area contributed by atoms with Crippen LogP contribution in [0.3, 0.4) is 0 Å². The number of nitrogens with zero attached hydrogens (tertiary/aromatic N) is 3. The molecule has 2 N–H and O–H groups in total. The molecule has 4 rings (SSSR count). The van der Waals surface area contributed by atoms with Crippen LogP contribution in [0.5, 0.6) is 5.75 Å². The minimum absolute atomic E-state index is 0.149. The molecule has 8 nitrogen and oxygen atoms in total. The first-order valence-corrected chi connectivity index (χ1v) is 11.2. The van der Waals surface area contributed by atoms with Gasteiger partial charge in [0.1, 0.15) is 29.6 Å². The van der Waals surface area contributed by atoms with E-state index in [9.17, 15) is 26.7 Å². The van der Waals surface area contributed by atoms with Gasteiger partial charge in [0.25, 0.3) is 5.91 Å². The van der Waals surface area contributed by atoms with Gasteiger partial charge in [0.2, 0.25) is 0 Å². The van der Waals surface area contributed by atoms with E-state index >= 15 is 0 Å². The van der Waals surface area contributed by atoms with Crippen molar-refractivity contribution in [2.45, 2.75) is 19.3 Å². The highest BCUT2D eigenvalue weighted by Gasteiger charge is 2.38. The number of halogens is 6. The standard InChI is InChI=1S/C23H17ClF2N4O2.C2HF3O2/c24-18-8-7-17(32-14-16-4-1-2-10-27-16)12-15(18)13-30-11-9-21(29-30)28-23(31)22-19(25)5-3-6-20(22)26;3-2(4,5)1(6)7/h1-12H,13-14H2,(H,28,29,31);(H,6,7). The smallest absolute Gasteiger partial charge is 0.487 e. The summed E-state index contributed by atoms with van der Waals surface area (Å²) in [5, 5.41) is 14.3. The lowest BCUT2D eigenvalue weighted by Gasteiger charge is -2.10. The number of nitrogens with one attached hydrogen (secondary N) is 1. The fraction of sp³-hybridized carbons (Fsp3) is 0.120. The fourth-order valence-electron chi connectivity index (χ4n) is 2.99. The van der Waals surface area contributed by atoms with Gasteiger partial charge in [-0.3, -0.25) is 14.5 Å². The third-order valence-electron chi connectivity index (χ3n) is 4.78. The monoisotopic (exact) mass is 568 g/mol. The van der Waals surface area contributed by atoms with Crippen molar-refractivity contribution in [1.82, 2.24) is 14.8 Å². The van der Waals surface area contributed by atoms with E-state index in [1.807, 2.05) is 18.2 Å². The maximum atomic E-state index is 13.8. The largest absolute Gasteiger partial charge is 0.490 e. The van der Waals surface area contributed by atoms with Crippen LogP contribution < -0.4 is 10.1 Å². The van der Waals surface area contributed by atoms with Crippen molar-refractivity contribution in [1.29, 1.82) is 0 Å². The molecule has 2 aromatic carbocycles. The van der Waals surface area contributed by atoms with Crippen LogP contribution in [-0.2, 0) is 17.9 Å². The molecular weight excluding hydrogens is 551 g/mol. The average Bonchev–Trinajstić information content (AvgIpc) is 3.31. The SMILES string of the molecule is O=C(Nc1ccn(Cc2cc(OCc3ccccn3)ccc2Cl)n1)c1c(F)cccc1F.O=C(O)C(F)(F)F. The number of carboxylic acid groups (broad SMARTS) is 1. The second kappa shape index (κ2) is 12.8. The Morgan fingerprint density at radius 2 is 1.72 bits per heavy atom. The van der Waals surface area contributed by atoms with E-state index in [-0.39, 0.29) is 5.82 Å². The number of rotatable bonds is 7. The predicted octanol–water partition coefficient (Wildman–Crippen LogP) is 5.72. The molecule has 0 atom stereocenters. The fourth-order valence-corrected chi connectivity index (χ4v) is 3.16. The molecule has 2 aromatic heterocycles. The van der Waals surface area contributed by atoms with Crippen molar-refractivity contribution in [2.75, 3.05) is 5.32 Å². The molecule has 0 saturated carbocycles. The molecule has 0 spiro atoms. The van der Waals surface area contributed by atoms with Crippen molar-refractivity contribution in [3.63, 3.8) is 0 Å². The van der Waals surface area contributed by atoms with Crippen LogP contribution in [0.25, 0.3) is 0 Å². The summed E-state index contributed by atoms with van der Waals surface area (Å²) in [6.45, 7) is 0.607. The molecule has 0 fully saturated rings. The van der Waals surface area contributed by atoms with Crippen LogP contribution >= 0.6 is 11.6 Å². The number of amides is 1. The van der Waals surface area contributed by atoms with Gasteiger partial charge in [-0.15, -0.1) is 0 Å². The minimum atomic E-state index is -5.08. The molecule has 14 heteroatoms. The van der Waals surface area contributed by atoms with Crippen molar-refractivity contribution < 1.29 is 41.4 Å². The maximum absolute atomic E-state index is 13.8. The van der Waals surface area contributed by atoms with Crippen LogP contribution in [0.4, 0.5) is 27.8 Å². The number of anilines is 1. The van der Waals surface area contributed by atoms with Crippen molar-refractivity contribution >= 4 is 29.3 Å². The van der Waals surface area contributed by atoms with Gasteiger partial charge in [0.05, 0.1) is 12.2 Å². The number of aromatic nitrogens is 3. The first-order valence-electron chi connectivity index (χ1n) is 10.8. The number of pyridine rings is 1. The number of aliphatic carboxylic acids is 1. The van der Waals surface area contributed by atoms with Gasteiger partial charge in [-0.05, 0) is 48.0 Å². The summed E-state index contributed by atoms with van der Waals surface area (Å²) in [5.41, 5.74) is 0.872. The first-order chi connectivity index (χ1) is 18.4. The molecule has 39 heavy (non-hydrogen) atoms. The average molecular weight is 569 g/mol. The molecule has 0 radical (unpaired) electrons. The van der Waals surface area contributed by atoms with Crippen molar-refractivity contribution in [3.05, 3.63) is 107 Å². The summed E-state index contributed by atoms with van der Waals surface area (Å²) in [5.74, 6) is -4.81. The third-order valence-corrected chi connectivity index (χ3v) is 5.15. The van der Waals surface area contributed by atoms with E-state index in [1.165, 1.54) is 16.8 Å². The minimum Gasteiger partial charge on any atom is -0.487 e. The quantitative estimate of drug-likeness (QED) is 0.276. The Kier molecular flexibility index (Phi) is 9.55. The van der Waals surface area contributed by atoms with Crippen molar-refractivity contribution in [3.8, 4) is 5.75 Å². The number of hydrogen-bond acceptors (Lipinski definition) is 5. The lowest BCUT2D eigenvalue weighted by molar-refractivity contribution is -0.192. The highest BCUT2D eigenvalue weighted by Crippen LogP contribution is 2.24. The molecule has 1 amide bonds. The van der Waals surface area contributed by atoms with Gasteiger partial charge in [-0.1, -0.05) is 23.7 Å². The normalized spacial score (nSPS) is 10.8. The van der Waals surface area contributed by atoms with Crippen molar-refractivity contribution in [2.24, 2.45) is 0 Å². The second-order valence-electron chi connectivity index (χ2n) is 7.62. The number of carbonyl (C=O) groups is 2. The van der Waals surface area contributed by atoms with Gasteiger partial charge < -0.3 is 15.2 Å². The summed E-state index contributed by atoms with van der Waals surface area (Å²) in [4.78, 5) is 25.3. The van der Waals surface area contributed by atoms with E-state index in [1.54, 1.807) is 30.6 Å². The van der Waals surface area contributed by atoms with E-state index < -0.39 is 35.3 Å². The van der Waals surface area contributed by atoms with Gasteiger partial charge >= 0.3 is 12.1 Å². The summed E-state index contributed by atoms with van der Waals surface area (Å²) in [7, 11) is 0. The molecule has 2 heterocycles. The topological polar surface area (TPSA) is 106 Å². The van der Waals surface area contributed by atoms with E-state index in [2.05, 4.69) is 15.4 Å². The molecule has 0 aliphatic carbocycles. The molecule has 0 aliphatic heterocycles. The first kappa shape index (κ1) is 29.0. The van der Waals surface area contributed by atoms with Gasteiger partial charge in [0.15, 0.2) is 5.82 Å². The van der Waals surface area contributed by atoms with Gasteiger partial charge in [-0.25, -0.2) is 13.6 Å². The molecule has 0 aliphatic rings. The molecular formula is C25H18ClF5N4O4. The molecule has 0 saturated heterocycles. The van der Waals surface area contributed by atoms with Crippen LogP contribution in [-0.4, -0.2) is 37.9 Å². The van der Waals surface area contributed by atoms with E-state index in [0.717, 1.165) is 23.4 Å². The maximum Gasteiger partial charge on any atom is 0.490 e. The Bertz CT molecular complexity index is 1430. The highest BCUT2D eigenvalue weighted by molar-refractivity contribution is 6.31. The number of ether oxygens (including phenoxy) is 1. The zero-order chi connectivity index (χ0) is 28.6. The van der Waals surface area contributed by atoms with E-state index in [4.69, 9.17) is 26.2 Å². The number of hydrogen-bond donors (Lipinski definition) is 2. The Morgan fingerprint density at radius 1 is 1.03 bits per heavy atom. The third kappa shape index (κ3) is 8.50.